The molecule has 10 nitrogen and oxygen atoms in total. The lowest BCUT2D eigenvalue weighted by molar-refractivity contribution is -0.137. The standard InChI is InChI=1S/C16H15F3N8O2/c1-8(2)12-11(22-26-27(12)14-13(20)24-29-25-14)15(28)23-21-7-9-5-3-4-6-10(9)16(17,18)19/h3-8H,1-2H3,(H2,20,24)(H,23,28)/b21-7-. The maximum Gasteiger partial charge on any atom is 0.417 e. The lowest BCUT2D eigenvalue weighted by atomic mass is 10.1. The molecule has 0 bridgehead atoms. The van der Waals surface area contributed by atoms with E-state index in [9.17, 15) is 18.0 Å². The van der Waals surface area contributed by atoms with E-state index in [2.05, 4.69) is 35.8 Å². The minimum Gasteiger partial charge on any atom is -0.378 e. The topological polar surface area (TPSA) is 137 Å². The zero-order valence-corrected chi connectivity index (χ0v) is 15.2. The van der Waals surface area contributed by atoms with E-state index in [-0.39, 0.29) is 28.8 Å². The predicted molar refractivity (Wildman–Crippen MR) is 94.2 cm³/mol. The number of carbonyl (C=O) groups excluding carboxylic acids is 1. The molecule has 1 aromatic carbocycles. The molecule has 2 heterocycles. The van der Waals surface area contributed by atoms with Crippen molar-refractivity contribution in [3.8, 4) is 5.82 Å². The first kappa shape index (κ1) is 20.0. The van der Waals surface area contributed by atoms with E-state index < -0.39 is 17.6 Å². The van der Waals surface area contributed by atoms with Gasteiger partial charge in [0.15, 0.2) is 5.69 Å². The van der Waals surface area contributed by atoms with E-state index in [0.717, 1.165) is 12.3 Å². The molecular weight excluding hydrogens is 393 g/mol. The van der Waals surface area contributed by atoms with Crippen molar-refractivity contribution in [1.82, 2.24) is 30.7 Å². The Bertz CT molecular complexity index is 1050. The van der Waals surface area contributed by atoms with E-state index >= 15 is 0 Å². The minimum atomic E-state index is -4.55. The van der Waals surface area contributed by atoms with Gasteiger partial charge in [-0.1, -0.05) is 37.3 Å². The molecule has 0 unspecified atom stereocenters. The van der Waals surface area contributed by atoms with Crippen molar-refractivity contribution in [3.63, 3.8) is 0 Å². The summed E-state index contributed by atoms with van der Waals surface area (Å²) in [6.45, 7) is 3.55. The average Bonchev–Trinajstić information content (AvgIpc) is 3.27. The highest BCUT2D eigenvalue weighted by Crippen LogP contribution is 2.31. The third kappa shape index (κ3) is 4.07. The average molecular weight is 408 g/mol. The molecule has 0 spiro atoms. The Labute approximate surface area is 161 Å². The van der Waals surface area contributed by atoms with Crippen molar-refractivity contribution < 1.29 is 22.6 Å². The summed E-state index contributed by atoms with van der Waals surface area (Å²) in [5, 5.41) is 18.3. The lowest BCUT2D eigenvalue weighted by Gasteiger charge is -2.09. The van der Waals surface area contributed by atoms with Crippen molar-refractivity contribution in [2.75, 3.05) is 5.73 Å². The van der Waals surface area contributed by atoms with Gasteiger partial charge in [-0.2, -0.15) is 23.0 Å². The number of nitrogens with two attached hydrogens (primary N) is 1. The third-order valence-electron chi connectivity index (χ3n) is 3.80. The summed E-state index contributed by atoms with van der Waals surface area (Å²) in [6.07, 6.45) is -3.65. The fraction of sp³-hybridized carbons (Fsp3) is 0.250. The minimum absolute atomic E-state index is 0.0504. The Morgan fingerprint density at radius 3 is 2.66 bits per heavy atom. The highest BCUT2D eigenvalue weighted by Gasteiger charge is 2.32. The molecule has 3 N–H and O–H groups in total. The molecule has 0 aliphatic heterocycles. The quantitative estimate of drug-likeness (QED) is 0.487. The molecule has 29 heavy (non-hydrogen) atoms. The molecule has 0 radical (unpaired) electrons. The van der Waals surface area contributed by atoms with Crippen LogP contribution in [0.1, 0.15) is 47.1 Å². The summed E-state index contributed by atoms with van der Waals surface area (Å²) < 4.78 is 44.8. The molecular formula is C16H15F3N8O2. The second-order valence-electron chi connectivity index (χ2n) is 6.15. The number of halogens is 3. The van der Waals surface area contributed by atoms with Crippen LogP contribution in [0.3, 0.4) is 0 Å². The van der Waals surface area contributed by atoms with Crippen LogP contribution < -0.4 is 11.2 Å². The van der Waals surface area contributed by atoms with Gasteiger partial charge in [0.25, 0.3) is 5.91 Å². The monoisotopic (exact) mass is 408 g/mol. The van der Waals surface area contributed by atoms with Crippen LogP contribution in [0.2, 0.25) is 0 Å². The van der Waals surface area contributed by atoms with Crippen molar-refractivity contribution in [1.29, 1.82) is 0 Å². The first-order valence-corrected chi connectivity index (χ1v) is 8.23. The number of anilines is 1. The fourth-order valence-corrected chi connectivity index (χ4v) is 2.54. The van der Waals surface area contributed by atoms with E-state index in [1.807, 2.05) is 0 Å². The number of nitrogen functional groups attached to an aromatic ring is 1. The van der Waals surface area contributed by atoms with Crippen molar-refractivity contribution >= 4 is 17.9 Å². The van der Waals surface area contributed by atoms with Gasteiger partial charge in [0, 0.05) is 5.56 Å². The number of amides is 1. The largest absolute Gasteiger partial charge is 0.417 e. The van der Waals surface area contributed by atoms with Gasteiger partial charge in [-0.3, -0.25) is 4.79 Å². The van der Waals surface area contributed by atoms with Crippen LogP contribution in [-0.4, -0.2) is 37.4 Å². The number of rotatable bonds is 5. The Hall–Kier alpha value is -3.77. The smallest absolute Gasteiger partial charge is 0.378 e. The summed E-state index contributed by atoms with van der Waals surface area (Å²) in [5.74, 6) is -0.999. The number of hydrazone groups is 1. The molecule has 152 valence electrons. The van der Waals surface area contributed by atoms with Crippen molar-refractivity contribution in [2.24, 2.45) is 5.10 Å². The van der Waals surface area contributed by atoms with Crippen LogP contribution >= 0.6 is 0 Å². The molecule has 0 aliphatic carbocycles. The SMILES string of the molecule is CC(C)c1c(C(=O)N/N=C\c2ccccc2C(F)(F)F)nnn1-c1nonc1N. The number of hydrogen-bond acceptors (Lipinski definition) is 8. The van der Waals surface area contributed by atoms with Gasteiger partial charge in [-0.05, 0) is 22.3 Å². The van der Waals surface area contributed by atoms with Crippen LogP contribution in [-0.2, 0) is 6.18 Å². The maximum atomic E-state index is 13.0. The first-order valence-electron chi connectivity index (χ1n) is 8.23. The molecule has 3 rings (SSSR count). The number of hydrogen-bond donors (Lipinski definition) is 2. The van der Waals surface area contributed by atoms with E-state index in [1.165, 1.54) is 22.9 Å². The predicted octanol–water partition coefficient (Wildman–Crippen LogP) is 2.14. The molecule has 0 aliphatic rings. The Morgan fingerprint density at radius 2 is 2.03 bits per heavy atom. The molecule has 0 saturated carbocycles. The lowest BCUT2D eigenvalue weighted by Crippen LogP contribution is -2.21. The number of nitrogens with one attached hydrogen (secondary N) is 1. The number of nitrogens with zero attached hydrogens (tertiary/aromatic N) is 6. The molecule has 13 heteroatoms. The maximum absolute atomic E-state index is 13.0. The van der Waals surface area contributed by atoms with Gasteiger partial charge in [0.05, 0.1) is 17.5 Å². The number of carbonyl (C=O) groups is 1. The Kier molecular flexibility index (Phi) is 5.30. The zero-order chi connectivity index (χ0) is 21.2. The summed E-state index contributed by atoms with van der Waals surface area (Å²) >= 11 is 0. The third-order valence-corrected chi connectivity index (χ3v) is 3.80. The highest BCUT2D eigenvalue weighted by molar-refractivity contribution is 5.94. The van der Waals surface area contributed by atoms with Crippen LogP contribution in [0.4, 0.5) is 19.0 Å². The van der Waals surface area contributed by atoms with Gasteiger partial charge in [-0.25, -0.2) is 10.1 Å². The molecule has 1 amide bonds. The summed E-state index contributed by atoms with van der Waals surface area (Å²) in [6, 6.07) is 4.84. The summed E-state index contributed by atoms with van der Waals surface area (Å²) in [5.41, 5.74) is 6.98. The van der Waals surface area contributed by atoms with Gasteiger partial charge < -0.3 is 5.73 Å². The van der Waals surface area contributed by atoms with Gasteiger partial charge in [-0.15, -0.1) is 5.10 Å². The van der Waals surface area contributed by atoms with Crippen LogP contribution in [0.15, 0.2) is 34.0 Å². The van der Waals surface area contributed by atoms with E-state index in [1.54, 1.807) is 13.8 Å². The van der Waals surface area contributed by atoms with Gasteiger partial charge >= 0.3 is 6.18 Å². The second kappa shape index (κ2) is 7.69. The van der Waals surface area contributed by atoms with Crippen LogP contribution in [0.25, 0.3) is 5.82 Å². The van der Waals surface area contributed by atoms with Gasteiger partial charge in [0.1, 0.15) is 0 Å². The zero-order valence-electron chi connectivity index (χ0n) is 15.2. The van der Waals surface area contributed by atoms with E-state index in [0.29, 0.717) is 5.69 Å². The number of aromatic nitrogens is 5. The normalized spacial score (nSPS) is 12.1. The number of benzene rings is 1. The van der Waals surface area contributed by atoms with Crippen LogP contribution in [0, 0.1) is 0 Å². The Balaban J connectivity index is 1.85. The summed E-state index contributed by atoms with van der Waals surface area (Å²) in [7, 11) is 0. The van der Waals surface area contributed by atoms with Crippen molar-refractivity contribution in [2.45, 2.75) is 25.9 Å². The summed E-state index contributed by atoms with van der Waals surface area (Å²) in [4.78, 5) is 12.5. The molecule has 0 fully saturated rings. The fourth-order valence-electron chi connectivity index (χ4n) is 2.54. The molecule has 0 saturated heterocycles. The van der Waals surface area contributed by atoms with Crippen molar-refractivity contribution in [3.05, 3.63) is 46.8 Å². The Morgan fingerprint density at radius 1 is 1.31 bits per heavy atom. The second-order valence-corrected chi connectivity index (χ2v) is 6.15. The first-order chi connectivity index (χ1) is 13.7. The van der Waals surface area contributed by atoms with Crippen LogP contribution in [0.5, 0.6) is 0 Å². The van der Waals surface area contributed by atoms with E-state index in [4.69, 9.17) is 5.73 Å². The highest BCUT2D eigenvalue weighted by atomic mass is 19.4. The number of alkyl halides is 3. The van der Waals surface area contributed by atoms with Gasteiger partial charge in [0.2, 0.25) is 11.6 Å². The molecule has 0 atom stereocenters. The molecule has 3 aromatic rings. The molecule has 2 aromatic heterocycles.